The lowest BCUT2D eigenvalue weighted by Crippen LogP contribution is -2.25. The quantitative estimate of drug-likeness (QED) is 0.103. The topological polar surface area (TPSA) is 79.2 Å². The van der Waals surface area contributed by atoms with Crippen LogP contribution in [0, 0.1) is 0 Å². The number of carbonyl (C=O) groups excluding carboxylic acids is 1. The first-order chi connectivity index (χ1) is 20.5. The minimum atomic E-state index is -1.10. The zero-order valence-electron chi connectivity index (χ0n) is 25.8. The molecular weight excluding hydrogens is 524 g/mol. The third kappa shape index (κ3) is 10.1. The Balaban J connectivity index is 1.83. The molecule has 0 fully saturated rings. The molecule has 0 amide bonds. The number of rotatable bonds is 19. The molecule has 0 spiro atoms. The minimum Gasteiger partial charge on any atom is -0.478 e. The smallest absolute Gasteiger partial charge is 0.345 e. The maximum Gasteiger partial charge on any atom is 0.345 e. The van der Waals surface area contributed by atoms with Crippen molar-refractivity contribution in [3.8, 4) is 0 Å². The number of unbranched alkanes of at least 4 members (excludes halogenated alkanes) is 10. The molecule has 0 saturated carbocycles. The summed E-state index contributed by atoms with van der Waals surface area (Å²) in [4.78, 5) is 26.2. The summed E-state index contributed by atoms with van der Waals surface area (Å²) in [6.07, 6.45) is 18.2. The number of carbonyl (C=O) groups is 2. The van der Waals surface area contributed by atoms with Crippen molar-refractivity contribution >= 4 is 23.5 Å². The normalized spacial score (nSPS) is 14.6. The summed E-state index contributed by atoms with van der Waals surface area (Å²) < 4.78 is 5.86. The Labute approximate surface area is 252 Å². The Kier molecular flexibility index (Phi) is 14.3. The Hall–Kier alpha value is -3.41. The lowest BCUT2D eigenvalue weighted by molar-refractivity contribution is 0.0658. The highest BCUT2D eigenvalue weighted by atomic mass is 16.5. The maximum absolute atomic E-state index is 13.7. The van der Waals surface area contributed by atoms with Crippen LogP contribution in [-0.4, -0.2) is 29.0 Å². The molecule has 1 N–H and O–H groups in total. The van der Waals surface area contributed by atoms with Crippen LogP contribution in [0.25, 0.3) is 0 Å². The Morgan fingerprint density at radius 2 is 1.55 bits per heavy atom. The molecule has 6 nitrogen and oxygen atoms in total. The number of para-hydroxylation sites is 1. The Morgan fingerprint density at radius 3 is 2.17 bits per heavy atom. The monoisotopic (exact) mass is 574 g/mol. The van der Waals surface area contributed by atoms with E-state index in [-0.39, 0.29) is 17.2 Å². The SMILES string of the molecule is C=CCC1CC(OC(=O)c2c(CCCCCCCC)cc(CCCCCCCC)cc2C(=O)O)=NN1c1ccccc1. The summed E-state index contributed by atoms with van der Waals surface area (Å²) in [5, 5.41) is 16.7. The molecule has 2 aromatic rings. The van der Waals surface area contributed by atoms with Gasteiger partial charge in [-0.3, -0.25) is 5.01 Å². The lowest BCUT2D eigenvalue weighted by atomic mass is 9.91. The largest absolute Gasteiger partial charge is 0.478 e. The van der Waals surface area contributed by atoms with Gasteiger partial charge in [-0.05, 0) is 61.4 Å². The van der Waals surface area contributed by atoms with Gasteiger partial charge in [0.25, 0.3) is 0 Å². The second-order valence-electron chi connectivity index (χ2n) is 11.5. The molecule has 1 unspecified atom stereocenters. The van der Waals surface area contributed by atoms with Crippen molar-refractivity contribution in [2.75, 3.05) is 5.01 Å². The van der Waals surface area contributed by atoms with Crippen molar-refractivity contribution in [1.82, 2.24) is 0 Å². The first-order valence-corrected chi connectivity index (χ1v) is 16.1. The van der Waals surface area contributed by atoms with Gasteiger partial charge in [0.05, 0.1) is 22.9 Å². The third-order valence-electron chi connectivity index (χ3n) is 7.98. The number of anilines is 1. The number of nitrogens with zero attached hydrogens (tertiary/aromatic N) is 2. The van der Waals surface area contributed by atoms with Crippen LogP contribution in [0.3, 0.4) is 0 Å². The molecule has 1 aliphatic rings. The van der Waals surface area contributed by atoms with Crippen molar-refractivity contribution in [2.24, 2.45) is 5.10 Å². The molecule has 0 bridgehead atoms. The number of hydrogen-bond acceptors (Lipinski definition) is 5. The highest BCUT2D eigenvalue weighted by Crippen LogP contribution is 2.29. The van der Waals surface area contributed by atoms with E-state index < -0.39 is 11.9 Å². The average molecular weight is 575 g/mol. The van der Waals surface area contributed by atoms with Crippen molar-refractivity contribution in [3.63, 3.8) is 0 Å². The first kappa shape index (κ1) is 33.1. The van der Waals surface area contributed by atoms with Gasteiger partial charge in [0.1, 0.15) is 0 Å². The number of carboxylic acids is 1. The van der Waals surface area contributed by atoms with Crippen molar-refractivity contribution in [3.05, 3.63) is 77.4 Å². The summed E-state index contributed by atoms with van der Waals surface area (Å²) >= 11 is 0. The van der Waals surface area contributed by atoms with Gasteiger partial charge in [0.2, 0.25) is 5.90 Å². The number of aryl methyl sites for hydroxylation is 2. The lowest BCUT2D eigenvalue weighted by Gasteiger charge is -2.21. The van der Waals surface area contributed by atoms with Crippen LogP contribution < -0.4 is 5.01 Å². The van der Waals surface area contributed by atoms with Gasteiger partial charge in [0.15, 0.2) is 0 Å². The number of esters is 1. The van der Waals surface area contributed by atoms with E-state index in [2.05, 4.69) is 25.5 Å². The molecule has 1 aliphatic heterocycles. The molecule has 0 radical (unpaired) electrons. The number of hydrazone groups is 1. The Morgan fingerprint density at radius 1 is 0.929 bits per heavy atom. The first-order valence-electron chi connectivity index (χ1n) is 16.1. The summed E-state index contributed by atoms with van der Waals surface area (Å²) in [5.74, 6) is -1.43. The molecule has 228 valence electrons. The number of benzene rings is 2. The van der Waals surface area contributed by atoms with Crippen molar-refractivity contribution in [1.29, 1.82) is 0 Å². The third-order valence-corrected chi connectivity index (χ3v) is 7.98. The van der Waals surface area contributed by atoms with E-state index in [9.17, 15) is 14.7 Å². The predicted octanol–water partition coefficient (Wildman–Crippen LogP) is 9.52. The van der Waals surface area contributed by atoms with Crippen LogP contribution >= 0.6 is 0 Å². The summed E-state index contributed by atoms with van der Waals surface area (Å²) in [5.41, 5.74) is 2.87. The van der Waals surface area contributed by atoms with Gasteiger partial charge in [-0.15, -0.1) is 11.7 Å². The van der Waals surface area contributed by atoms with E-state index in [0.717, 1.165) is 55.3 Å². The van der Waals surface area contributed by atoms with Crippen molar-refractivity contribution < 1.29 is 19.4 Å². The number of carboxylic acid groups (broad SMARTS) is 1. The van der Waals surface area contributed by atoms with E-state index in [4.69, 9.17) is 4.74 Å². The number of hydrogen-bond donors (Lipinski definition) is 1. The molecule has 3 rings (SSSR count). The van der Waals surface area contributed by atoms with E-state index in [1.807, 2.05) is 47.5 Å². The fourth-order valence-corrected chi connectivity index (χ4v) is 5.70. The van der Waals surface area contributed by atoms with Crippen LogP contribution in [0.1, 0.15) is 136 Å². The highest BCUT2D eigenvalue weighted by molar-refractivity contribution is 6.07. The van der Waals surface area contributed by atoms with E-state index in [1.165, 1.54) is 44.9 Å². The van der Waals surface area contributed by atoms with Gasteiger partial charge in [-0.25, -0.2) is 9.59 Å². The maximum atomic E-state index is 13.7. The molecule has 0 aliphatic carbocycles. The zero-order valence-corrected chi connectivity index (χ0v) is 25.8. The number of aromatic carboxylic acids is 1. The molecule has 1 atom stereocenters. The van der Waals surface area contributed by atoms with Gasteiger partial charge in [-0.2, -0.15) is 0 Å². The average Bonchev–Trinajstić information content (AvgIpc) is 3.38. The zero-order chi connectivity index (χ0) is 30.2. The van der Waals surface area contributed by atoms with Crippen molar-refractivity contribution in [2.45, 2.75) is 123 Å². The minimum absolute atomic E-state index is 0.0195. The second kappa shape index (κ2) is 18.2. The van der Waals surface area contributed by atoms with Gasteiger partial charge in [-0.1, -0.05) is 108 Å². The summed E-state index contributed by atoms with van der Waals surface area (Å²) in [7, 11) is 0. The fourth-order valence-electron chi connectivity index (χ4n) is 5.70. The van der Waals surface area contributed by atoms with Crippen LogP contribution in [0.15, 0.2) is 60.2 Å². The summed E-state index contributed by atoms with van der Waals surface area (Å²) in [6.45, 7) is 8.29. The van der Waals surface area contributed by atoms with Gasteiger partial charge in [0, 0.05) is 6.42 Å². The standard InChI is InChI=1S/C36H50N2O4/c1-4-7-9-11-13-16-21-28-25-29(22-17-14-12-10-8-5-2)34(32(26-28)35(39)40)36(41)42-33-27-31(20-6-3)38(37-33)30-23-18-15-19-24-30/h6,15,18-19,23-26,31H,3-5,7-14,16-17,20-22,27H2,1-2H3,(H,39,40). The molecule has 0 saturated heterocycles. The van der Waals surface area contributed by atoms with Gasteiger partial charge >= 0.3 is 11.9 Å². The molecule has 0 aromatic heterocycles. The van der Waals surface area contributed by atoms with E-state index in [0.29, 0.717) is 25.2 Å². The number of ether oxygens (including phenoxy) is 1. The second-order valence-corrected chi connectivity index (χ2v) is 11.5. The van der Waals surface area contributed by atoms with Crippen LogP contribution in [-0.2, 0) is 17.6 Å². The molecule has 42 heavy (non-hydrogen) atoms. The molecule has 6 heteroatoms. The summed E-state index contributed by atoms with van der Waals surface area (Å²) in [6, 6.07) is 13.5. The van der Waals surface area contributed by atoms with Crippen LogP contribution in [0.4, 0.5) is 5.69 Å². The Bertz CT molecular complexity index is 1170. The molecular formula is C36H50N2O4. The predicted molar refractivity (Wildman–Crippen MR) is 173 cm³/mol. The molecule has 1 heterocycles. The van der Waals surface area contributed by atoms with Crippen LogP contribution in [0.2, 0.25) is 0 Å². The highest BCUT2D eigenvalue weighted by Gasteiger charge is 2.31. The van der Waals surface area contributed by atoms with Gasteiger partial charge < -0.3 is 9.84 Å². The van der Waals surface area contributed by atoms with Crippen LogP contribution in [0.5, 0.6) is 0 Å². The van der Waals surface area contributed by atoms with E-state index in [1.54, 1.807) is 6.07 Å². The van der Waals surface area contributed by atoms with E-state index >= 15 is 0 Å². The fraction of sp³-hybridized carbons (Fsp3) is 0.528. The molecule has 2 aromatic carbocycles.